The summed E-state index contributed by atoms with van der Waals surface area (Å²) >= 11 is 0. The number of aliphatic hydroxyl groups is 3. The zero-order valence-electron chi connectivity index (χ0n) is 11.3. The van der Waals surface area contributed by atoms with Gasteiger partial charge in [0.05, 0.1) is 17.7 Å². The van der Waals surface area contributed by atoms with Crippen LogP contribution in [-0.4, -0.2) is 57.7 Å². The smallest absolute Gasteiger partial charge is 0.0746 e. The van der Waals surface area contributed by atoms with E-state index in [1.54, 1.807) is 13.8 Å². The summed E-state index contributed by atoms with van der Waals surface area (Å²) < 4.78 is 0. The first-order valence-electron chi connectivity index (χ1n) is 6.66. The number of aliphatic hydroxyl groups excluding tert-OH is 3. The summed E-state index contributed by atoms with van der Waals surface area (Å²) in [6.07, 6.45) is 3.72. The molecule has 4 nitrogen and oxygen atoms in total. The number of likely N-dealkylation sites (N-methyl/N-ethyl adjacent to an activating group) is 1. The van der Waals surface area contributed by atoms with Crippen LogP contribution in [0, 0.1) is 0 Å². The molecule has 1 aliphatic carbocycles. The molecular weight excluding hydrogens is 218 g/mol. The summed E-state index contributed by atoms with van der Waals surface area (Å²) in [5.74, 6) is 0. The van der Waals surface area contributed by atoms with Gasteiger partial charge in [0.25, 0.3) is 0 Å². The van der Waals surface area contributed by atoms with Crippen molar-refractivity contribution in [1.29, 1.82) is 0 Å². The zero-order valence-corrected chi connectivity index (χ0v) is 11.3. The van der Waals surface area contributed by atoms with Crippen molar-refractivity contribution in [2.45, 2.75) is 69.7 Å². The first-order chi connectivity index (χ1) is 7.96. The molecule has 0 saturated heterocycles. The van der Waals surface area contributed by atoms with Gasteiger partial charge in [0.2, 0.25) is 0 Å². The lowest BCUT2D eigenvalue weighted by Gasteiger charge is -2.49. The fourth-order valence-electron chi connectivity index (χ4n) is 3.34. The fraction of sp³-hybridized carbons (Fsp3) is 1.00. The maximum atomic E-state index is 10.1. The van der Waals surface area contributed by atoms with Crippen molar-refractivity contribution in [1.82, 2.24) is 4.90 Å². The van der Waals surface area contributed by atoms with Crippen molar-refractivity contribution in [2.75, 3.05) is 13.7 Å². The van der Waals surface area contributed by atoms with E-state index in [1.165, 1.54) is 12.8 Å². The van der Waals surface area contributed by atoms with Crippen molar-refractivity contribution < 1.29 is 15.3 Å². The van der Waals surface area contributed by atoms with Gasteiger partial charge >= 0.3 is 0 Å². The Kier molecular flexibility index (Phi) is 5.38. The minimum atomic E-state index is -0.732. The summed E-state index contributed by atoms with van der Waals surface area (Å²) in [5, 5.41) is 29.4. The highest BCUT2D eigenvalue weighted by Crippen LogP contribution is 2.34. The molecule has 0 aromatic carbocycles. The molecule has 1 rings (SSSR count). The van der Waals surface area contributed by atoms with E-state index in [0.29, 0.717) is 12.5 Å². The lowest BCUT2D eigenvalue weighted by Crippen LogP contribution is -2.63. The third kappa shape index (κ3) is 2.81. The molecule has 0 aromatic heterocycles. The topological polar surface area (TPSA) is 63.9 Å². The van der Waals surface area contributed by atoms with Crippen molar-refractivity contribution >= 4 is 0 Å². The summed E-state index contributed by atoms with van der Waals surface area (Å²) in [5.41, 5.74) is -0.732. The summed E-state index contributed by atoms with van der Waals surface area (Å²) in [7, 11) is 1.96. The van der Waals surface area contributed by atoms with E-state index in [0.717, 1.165) is 12.8 Å². The van der Waals surface area contributed by atoms with Gasteiger partial charge in [-0.1, -0.05) is 12.8 Å². The Bertz CT molecular complexity index is 217. The lowest BCUT2D eigenvalue weighted by atomic mass is 9.81. The van der Waals surface area contributed by atoms with Crippen LogP contribution < -0.4 is 0 Å². The zero-order chi connectivity index (χ0) is 13.1. The Morgan fingerprint density at radius 1 is 1.18 bits per heavy atom. The van der Waals surface area contributed by atoms with Gasteiger partial charge in [-0.05, 0) is 40.2 Å². The van der Waals surface area contributed by atoms with Crippen LogP contribution >= 0.6 is 0 Å². The number of rotatable bonds is 6. The molecule has 2 atom stereocenters. The van der Waals surface area contributed by atoms with E-state index in [-0.39, 0.29) is 6.61 Å². The SMILES string of the molecule is CC(O)C(CCO)(C(C)O)N(C)C1CCCC1. The molecule has 4 heteroatoms. The van der Waals surface area contributed by atoms with E-state index in [1.807, 2.05) is 7.05 Å². The average molecular weight is 245 g/mol. The van der Waals surface area contributed by atoms with Crippen LogP contribution in [0.5, 0.6) is 0 Å². The molecule has 1 aliphatic rings. The molecule has 0 radical (unpaired) electrons. The standard InChI is InChI=1S/C13H27NO3/c1-10(16)13(8-9-15,11(2)17)14(3)12-6-4-5-7-12/h10-12,15-17H,4-9H2,1-3H3. The van der Waals surface area contributed by atoms with Crippen LogP contribution in [-0.2, 0) is 0 Å². The molecule has 0 amide bonds. The molecule has 3 N–H and O–H groups in total. The van der Waals surface area contributed by atoms with Crippen molar-refractivity contribution in [3.8, 4) is 0 Å². The number of nitrogens with zero attached hydrogens (tertiary/aromatic N) is 1. The van der Waals surface area contributed by atoms with Crippen LogP contribution in [0.2, 0.25) is 0 Å². The first-order valence-corrected chi connectivity index (χ1v) is 6.66. The largest absolute Gasteiger partial charge is 0.396 e. The molecule has 0 heterocycles. The monoisotopic (exact) mass is 245 g/mol. The first kappa shape index (κ1) is 14.9. The predicted octanol–water partition coefficient (Wildman–Crippen LogP) is 0.744. The summed E-state index contributed by atoms with van der Waals surface area (Å²) in [6, 6.07) is 0.408. The molecule has 102 valence electrons. The van der Waals surface area contributed by atoms with Crippen molar-refractivity contribution in [3.63, 3.8) is 0 Å². The maximum absolute atomic E-state index is 10.1. The minimum absolute atomic E-state index is 0.0210. The Balaban J connectivity index is 2.93. The van der Waals surface area contributed by atoms with Crippen LogP contribution in [0.15, 0.2) is 0 Å². The van der Waals surface area contributed by atoms with E-state index in [2.05, 4.69) is 4.90 Å². The minimum Gasteiger partial charge on any atom is -0.396 e. The number of hydrogen-bond acceptors (Lipinski definition) is 4. The molecule has 0 spiro atoms. The predicted molar refractivity (Wildman–Crippen MR) is 67.8 cm³/mol. The van der Waals surface area contributed by atoms with Gasteiger partial charge in [0.1, 0.15) is 0 Å². The second-order valence-electron chi connectivity index (χ2n) is 5.37. The summed E-state index contributed by atoms with van der Waals surface area (Å²) in [6.45, 7) is 3.38. The molecule has 1 fully saturated rings. The molecular formula is C13H27NO3. The Labute approximate surface area is 104 Å². The number of hydrogen-bond donors (Lipinski definition) is 3. The molecule has 0 aliphatic heterocycles. The second-order valence-corrected chi connectivity index (χ2v) is 5.37. The lowest BCUT2D eigenvalue weighted by molar-refractivity contribution is -0.109. The summed E-state index contributed by atoms with van der Waals surface area (Å²) in [4.78, 5) is 2.10. The highest BCUT2D eigenvalue weighted by Gasteiger charge is 2.46. The Hall–Kier alpha value is -0.160. The van der Waals surface area contributed by atoms with Crippen molar-refractivity contribution in [2.24, 2.45) is 0 Å². The average Bonchev–Trinajstić information content (AvgIpc) is 2.77. The molecule has 1 saturated carbocycles. The van der Waals surface area contributed by atoms with Gasteiger partial charge in [-0.2, -0.15) is 0 Å². The normalized spacial score (nSPS) is 24.9. The van der Waals surface area contributed by atoms with Gasteiger partial charge in [-0.3, -0.25) is 4.90 Å². The Morgan fingerprint density at radius 2 is 1.65 bits per heavy atom. The van der Waals surface area contributed by atoms with E-state index >= 15 is 0 Å². The van der Waals surface area contributed by atoms with Crippen LogP contribution in [0.3, 0.4) is 0 Å². The molecule has 0 bridgehead atoms. The van der Waals surface area contributed by atoms with Crippen LogP contribution in [0.25, 0.3) is 0 Å². The molecule has 17 heavy (non-hydrogen) atoms. The maximum Gasteiger partial charge on any atom is 0.0746 e. The van der Waals surface area contributed by atoms with Crippen LogP contribution in [0.4, 0.5) is 0 Å². The second kappa shape index (κ2) is 6.14. The van der Waals surface area contributed by atoms with Gasteiger partial charge in [-0.15, -0.1) is 0 Å². The fourth-order valence-corrected chi connectivity index (χ4v) is 3.34. The Morgan fingerprint density at radius 3 is 2.00 bits per heavy atom. The van der Waals surface area contributed by atoms with Crippen LogP contribution in [0.1, 0.15) is 46.0 Å². The van der Waals surface area contributed by atoms with Gasteiger partial charge in [-0.25, -0.2) is 0 Å². The van der Waals surface area contributed by atoms with E-state index in [9.17, 15) is 15.3 Å². The van der Waals surface area contributed by atoms with E-state index < -0.39 is 17.7 Å². The van der Waals surface area contributed by atoms with Gasteiger partial charge < -0.3 is 15.3 Å². The van der Waals surface area contributed by atoms with Gasteiger partial charge in [0, 0.05) is 12.6 Å². The third-order valence-corrected chi connectivity index (χ3v) is 4.49. The van der Waals surface area contributed by atoms with Gasteiger partial charge in [0.15, 0.2) is 0 Å². The quantitative estimate of drug-likeness (QED) is 0.646. The highest BCUT2D eigenvalue weighted by atomic mass is 16.3. The highest BCUT2D eigenvalue weighted by molar-refractivity contribution is 5.01. The van der Waals surface area contributed by atoms with Crippen molar-refractivity contribution in [3.05, 3.63) is 0 Å². The van der Waals surface area contributed by atoms with E-state index in [4.69, 9.17) is 0 Å². The molecule has 0 aromatic rings. The third-order valence-electron chi connectivity index (χ3n) is 4.49. The molecule has 2 unspecified atom stereocenters.